The van der Waals surface area contributed by atoms with E-state index in [1.807, 2.05) is 6.07 Å². The van der Waals surface area contributed by atoms with Gasteiger partial charge in [-0.3, -0.25) is 0 Å². The lowest BCUT2D eigenvalue weighted by molar-refractivity contribution is -0.261. The third-order valence-corrected chi connectivity index (χ3v) is 7.03. The molecule has 0 aromatic carbocycles. The third-order valence-electron chi connectivity index (χ3n) is 7.03. The van der Waals surface area contributed by atoms with Gasteiger partial charge in [0.1, 0.15) is 0 Å². The van der Waals surface area contributed by atoms with E-state index in [0.29, 0.717) is 43.3 Å². The second-order valence-corrected chi connectivity index (χ2v) is 6.94. The predicted molar refractivity (Wildman–Crippen MR) is 57.5 cm³/mol. The molecule has 0 amide bonds. The maximum Gasteiger partial charge on any atom is 0.255 e. The molecule has 0 heterocycles. The Hall–Kier alpha value is -0.690. The Morgan fingerprint density at radius 3 is 2.89 bits per heavy atom. The minimum atomic E-state index is -2.42. The van der Waals surface area contributed by atoms with Gasteiger partial charge in [-0.2, -0.15) is 5.26 Å². The van der Waals surface area contributed by atoms with E-state index in [0.717, 1.165) is 6.42 Å². The van der Waals surface area contributed by atoms with Gasteiger partial charge >= 0.3 is 0 Å². The lowest BCUT2D eigenvalue weighted by Crippen LogP contribution is -2.69. The second kappa shape index (κ2) is 2.60. The molecular formula is C14H15F2NO. The fraction of sp³-hybridized carbons (Fsp3) is 0.929. The van der Waals surface area contributed by atoms with Gasteiger partial charge in [0.05, 0.1) is 25.7 Å². The number of hydrogen-bond acceptors (Lipinski definition) is 2. The van der Waals surface area contributed by atoms with E-state index in [-0.39, 0.29) is 23.2 Å². The van der Waals surface area contributed by atoms with Crippen LogP contribution in [0.5, 0.6) is 0 Å². The van der Waals surface area contributed by atoms with Crippen molar-refractivity contribution in [3.63, 3.8) is 0 Å². The molecule has 0 radical (unpaired) electrons. The van der Waals surface area contributed by atoms with Crippen LogP contribution in [0.25, 0.3) is 0 Å². The molecule has 0 saturated heterocycles. The summed E-state index contributed by atoms with van der Waals surface area (Å²) >= 11 is 0. The standard InChI is InChI=1S/C14H15F2NO/c15-14(16)11-8-6-4-7-9(8)10(11)13(7,12(6)14)5-18-3-1-2-17/h6-12H,1,3-5H2/t6-,7-,8+,9-,10-,11-,12+,13-/m0/s1. The summed E-state index contributed by atoms with van der Waals surface area (Å²) < 4.78 is 34.3. The van der Waals surface area contributed by atoms with Crippen LogP contribution in [-0.4, -0.2) is 19.1 Å². The number of nitriles is 1. The van der Waals surface area contributed by atoms with Crippen molar-refractivity contribution in [3.8, 4) is 6.07 Å². The Labute approximate surface area is 104 Å². The molecule has 0 N–H and O–H groups in total. The van der Waals surface area contributed by atoms with Gasteiger partial charge in [0.15, 0.2) is 0 Å². The zero-order valence-corrected chi connectivity index (χ0v) is 9.98. The van der Waals surface area contributed by atoms with Crippen molar-refractivity contribution >= 4 is 0 Å². The average molecular weight is 251 g/mol. The molecule has 96 valence electrons. The summed E-state index contributed by atoms with van der Waals surface area (Å²) in [5.41, 5.74) is -0.187. The molecule has 0 spiro atoms. The molecule has 6 aliphatic carbocycles. The molecule has 4 bridgehead atoms. The number of ether oxygens (including phenoxy) is 1. The Morgan fingerprint density at radius 2 is 2.11 bits per heavy atom. The summed E-state index contributed by atoms with van der Waals surface area (Å²) in [4.78, 5) is 0. The number of hydrogen-bond donors (Lipinski definition) is 0. The summed E-state index contributed by atoms with van der Waals surface area (Å²) in [5.74, 6) is -1.06. The molecule has 2 nitrogen and oxygen atoms in total. The van der Waals surface area contributed by atoms with Gasteiger partial charge in [-0.15, -0.1) is 0 Å². The normalized spacial score (nSPS) is 62.6. The monoisotopic (exact) mass is 251 g/mol. The van der Waals surface area contributed by atoms with Gasteiger partial charge < -0.3 is 4.74 Å². The highest BCUT2D eigenvalue weighted by atomic mass is 19.3. The van der Waals surface area contributed by atoms with E-state index in [1.54, 1.807) is 0 Å². The lowest BCUT2D eigenvalue weighted by atomic mass is 9.34. The summed E-state index contributed by atoms with van der Waals surface area (Å²) in [5, 5.41) is 8.49. The van der Waals surface area contributed by atoms with E-state index in [9.17, 15) is 8.78 Å². The average Bonchev–Trinajstić information content (AvgIpc) is 2.74. The molecule has 8 atom stereocenters. The zero-order valence-electron chi connectivity index (χ0n) is 9.98. The lowest BCUT2D eigenvalue weighted by Gasteiger charge is -2.69. The van der Waals surface area contributed by atoms with Crippen molar-refractivity contribution in [2.45, 2.75) is 18.8 Å². The molecule has 18 heavy (non-hydrogen) atoms. The maximum absolute atomic E-state index is 14.3. The van der Waals surface area contributed by atoms with Crippen LogP contribution >= 0.6 is 0 Å². The minimum Gasteiger partial charge on any atom is -0.380 e. The van der Waals surface area contributed by atoms with Crippen molar-refractivity contribution in [1.82, 2.24) is 0 Å². The fourth-order valence-electron chi connectivity index (χ4n) is 7.09. The fourth-order valence-corrected chi connectivity index (χ4v) is 7.09. The van der Waals surface area contributed by atoms with E-state index in [1.165, 1.54) is 0 Å². The zero-order chi connectivity index (χ0) is 12.3. The molecule has 0 unspecified atom stereocenters. The van der Waals surface area contributed by atoms with Crippen LogP contribution in [-0.2, 0) is 4.74 Å². The van der Waals surface area contributed by atoms with Crippen LogP contribution in [0.1, 0.15) is 12.8 Å². The first-order chi connectivity index (χ1) is 8.65. The molecule has 6 saturated carbocycles. The highest BCUT2D eigenvalue weighted by Crippen LogP contribution is 2.96. The van der Waals surface area contributed by atoms with Crippen LogP contribution in [0.15, 0.2) is 0 Å². The molecule has 0 aromatic heterocycles. The second-order valence-electron chi connectivity index (χ2n) is 6.94. The van der Waals surface area contributed by atoms with Gasteiger partial charge in [-0.25, -0.2) is 8.78 Å². The van der Waals surface area contributed by atoms with Crippen LogP contribution in [0, 0.1) is 58.2 Å². The number of alkyl halides is 2. The number of halogens is 2. The van der Waals surface area contributed by atoms with Crippen LogP contribution in [0.3, 0.4) is 0 Å². The first-order valence-electron chi connectivity index (χ1n) is 6.98. The Balaban J connectivity index is 1.45. The van der Waals surface area contributed by atoms with Crippen molar-refractivity contribution < 1.29 is 13.5 Å². The first kappa shape index (κ1) is 10.1. The van der Waals surface area contributed by atoms with E-state index >= 15 is 0 Å². The van der Waals surface area contributed by atoms with E-state index in [2.05, 4.69) is 0 Å². The summed E-state index contributed by atoms with van der Waals surface area (Å²) in [6, 6.07) is 2.04. The highest BCUT2D eigenvalue weighted by Gasteiger charge is 2.97. The largest absolute Gasteiger partial charge is 0.380 e. The first-order valence-corrected chi connectivity index (χ1v) is 6.98. The van der Waals surface area contributed by atoms with Crippen molar-refractivity contribution in [1.29, 1.82) is 5.26 Å². The Bertz CT molecular complexity index is 487. The number of rotatable bonds is 4. The Kier molecular flexibility index (Phi) is 1.47. The molecule has 6 rings (SSSR count). The molecule has 6 fully saturated rings. The summed E-state index contributed by atoms with van der Waals surface area (Å²) in [6.07, 6.45) is 1.40. The van der Waals surface area contributed by atoms with Crippen molar-refractivity contribution in [2.24, 2.45) is 46.8 Å². The molecule has 0 aliphatic heterocycles. The molecule has 0 aromatic rings. The van der Waals surface area contributed by atoms with E-state index in [4.69, 9.17) is 10.00 Å². The van der Waals surface area contributed by atoms with E-state index < -0.39 is 5.92 Å². The van der Waals surface area contributed by atoms with Crippen molar-refractivity contribution in [2.75, 3.05) is 13.2 Å². The Morgan fingerprint density at radius 1 is 1.28 bits per heavy atom. The third kappa shape index (κ3) is 0.672. The maximum atomic E-state index is 14.3. The number of nitrogens with zero attached hydrogens (tertiary/aromatic N) is 1. The smallest absolute Gasteiger partial charge is 0.255 e. The van der Waals surface area contributed by atoms with Crippen LogP contribution in [0.4, 0.5) is 8.78 Å². The van der Waals surface area contributed by atoms with Gasteiger partial charge in [0, 0.05) is 17.3 Å². The van der Waals surface area contributed by atoms with Gasteiger partial charge in [-0.1, -0.05) is 0 Å². The summed E-state index contributed by atoms with van der Waals surface area (Å²) in [7, 11) is 0. The highest BCUT2D eigenvalue weighted by molar-refractivity contribution is 5.41. The van der Waals surface area contributed by atoms with Gasteiger partial charge in [0.25, 0.3) is 5.92 Å². The minimum absolute atomic E-state index is 0.187. The van der Waals surface area contributed by atoms with Gasteiger partial charge in [0.2, 0.25) is 0 Å². The van der Waals surface area contributed by atoms with Gasteiger partial charge in [-0.05, 0) is 36.0 Å². The molecular weight excluding hydrogens is 236 g/mol. The van der Waals surface area contributed by atoms with Crippen molar-refractivity contribution in [3.05, 3.63) is 0 Å². The SMILES string of the molecule is N#CCCOC[C@@]12[C@H]3[C@@H]4[C@H]5[C@H](C[C@@H]41)[C@H]2C(F)(F)[C@@H]53. The molecule has 6 aliphatic rings. The van der Waals surface area contributed by atoms with Crippen LogP contribution < -0.4 is 0 Å². The predicted octanol–water partition coefficient (Wildman–Crippen LogP) is 2.31. The topological polar surface area (TPSA) is 33.0 Å². The molecule has 4 heteroatoms. The van der Waals surface area contributed by atoms with Crippen LogP contribution in [0.2, 0.25) is 0 Å². The summed E-state index contributed by atoms with van der Waals surface area (Å²) in [6.45, 7) is 0.889. The quantitative estimate of drug-likeness (QED) is 0.718.